The fraction of sp³-hybridized carbons (Fsp3) is 0.667. The molecule has 0 radical (unpaired) electrons. The highest BCUT2D eigenvalue weighted by Gasteiger charge is 2.04. The molecule has 0 bridgehead atoms. The van der Waals surface area contributed by atoms with Crippen molar-refractivity contribution in [2.45, 2.75) is 65.8 Å². The lowest BCUT2D eigenvalue weighted by Gasteiger charge is -2.15. The van der Waals surface area contributed by atoms with E-state index < -0.39 is 0 Å². The Balaban J connectivity index is 2.26. The van der Waals surface area contributed by atoms with Gasteiger partial charge in [0.2, 0.25) is 0 Å². The minimum absolute atomic E-state index is 0.467. The Kier molecular flexibility index (Phi) is 7.81. The third-order valence-electron chi connectivity index (χ3n) is 3.68. The van der Waals surface area contributed by atoms with Gasteiger partial charge in [-0.25, -0.2) is 0 Å². The summed E-state index contributed by atoms with van der Waals surface area (Å²) in [6, 6.07) is 9.56. The summed E-state index contributed by atoms with van der Waals surface area (Å²) in [5.41, 5.74) is 2.86. The molecule has 1 atom stereocenters. The monoisotopic (exact) mass is 261 g/mol. The summed E-state index contributed by atoms with van der Waals surface area (Å²) in [7, 11) is 0. The summed E-state index contributed by atoms with van der Waals surface area (Å²) in [6.45, 7) is 10.2. The number of hydrogen-bond donors (Lipinski definition) is 1. The quantitative estimate of drug-likeness (QED) is 0.609. The molecule has 1 N–H and O–H groups in total. The van der Waals surface area contributed by atoms with Crippen molar-refractivity contribution in [2.24, 2.45) is 5.92 Å². The molecule has 0 aliphatic carbocycles. The zero-order valence-electron chi connectivity index (χ0n) is 13.2. The fourth-order valence-corrected chi connectivity index (χ4v) is 2.38. The molecule has 0 heterocycles. The third kappa shape index (κ3) is 6.77. The van der Waals surface area contributed by atoms with Crippen molar-refractivity contribution in [3.05, 3.63) is 35.4 Å². The van der Waals surface area contributed by atoms with Gasteiger partial charge in [-0.2, -0.15) is 0 Å². The molecule has 108 valence electrons. The first-order chi connectivity index (χ1) is 9.13. The van der Waals surface area contributed by atoms with Gasteiger partial charge in [0.05, 0.1) is 0 Å². The van der Waals surface area contributed by atoms with Crippen LogP contribution in [0.5, 0.6) is 0 Å². The summed E-state index contributed by atoms with van der Waals surface area (Å²) in [5, 5.41) is 3.62. The van der Waals surface area contributed by atoms with Crippen LogP contribution in [-0.4, -0.2) is 6.54 Å². The van der Waals surface area contributed by atoms with Crippen LogP contribution in [0.15, 0.2) is 24.3 Å². The van der Waals surface area contributed by atoms with Gasteiger partial charge in [-0.3, -0.25) is 0 Å². The van der Waals surface area contributed by atoms with E-state index in [1.54, 1.807) is 0 Å². The maximum atomic E-state index is 3.62. The summed E-state index contributed by atoms with van der Waals surface area (Å²) in [6.07, 6.45) is 6.39. The Labute approximate surface area is 119 Å². The minimum atomic E-state index is 0.467. The van der Waals surface area contributed by atoms with E-state index in [2.05, 4.69) is 57.3 Å². The molecule has 0 aliphatic heterocycles. The molecular weight excluding hydrogens is 230 g/mol. The molecule has 0 amide bonds. The predicted octanol–water partition coefficient (Wildman–Crippen LogP) is 5.12. The Morgan fingerprint density at radius 3 is 2.26 bits per heavy atom. The normalized spacial score (nSPS) is 12.9. The average molecular weight is 261 g/mol. The van der Waals surface area contributed by atoms with Gasteiger partial charge < -0.3 is 5.32 Å². The van der Waals surface area contributed by atoms with Crippen molar-refractivity contribution in [3.63, 3.8) is 0 Å². The second kappa shape index (κ2) is 9.14. The van der Waals surface area contributed by atoms with Gasteiger partial charge in [-0.15, -0.1) is 0 Å². The molecule has 0 spiro atoms. The van der Waals surface area contributed by atoms with E-state index in [-0.39, 0.29) is 0 Å². The molecule has 1 heteroatoms. The molecule has 0 aromatic heterocycles. The lowest BCUT2D eigenvalue weighted by molar-refractivity contribution is 0.498. The Morgan fingerprint density at radius 2 is 1.68 bits per heavy atom. The van der Waals surface area contributed by atoms with Crippen molar-refractivity contribution in [3.8, 4) is 0 Å². The Morgan fingerprint density at radius 1 is 1.00 bits per heavy atom. The SMILES string of the molecule is CCCc1ccc(C(C)NCCCCC(C)C)cc1. The van der Waals surface area contributed by atoms with Crippen LogP contribution >= 0.6 is 0 Å². The van der Waals surface area contributed by atoms with Gasteiger partial charge in [0, 0.05) is 6.04 Å². The number of aryl methyl sites for hydroxylation is 1. The van der Waals surface area contributed by atoms with E-state index in [1.807, 2.05) is 0 Å². The maximum absolute atomic E-state index is 3.62. The standard InChI is InChI=1S/C18H31N/c1-5-8-17-10-12-18(13-11-17)16(4)19-14-7-6-9-15(2)3/h10-13,15-16,19H,5-9,14H2,1-4H3. The molecule has 0 saturated heterocycles. The average Bonchev–Trinajstić information content (AvgIpc) is 2.39. The highest BCUT2D eigenvalue weighted by molar-refractivity contribution is 5.24. The van der Waals surface area contributed by atoms with Crippen molar-refractivity contribution in [1.82, 2.24) is 5.32 Å². The van der Waals surface area contributed by atoms with Crippen molar-refractivity contribution < 1.29 is 0 Å². The van der Waals surface area contributed by atoms with Crippen LogP contribution in [-0.2, 0) is 6.42 Å². The first-order valence-electron chi connectivity index (χ1n) is 7.95. The molecule has 1 aromatic carbocycles. The first-order valence-corrected chi connectivity index (χ1v) is 7.95. The van der Waals surface area contributed by atoms with Gasteiger partial charge in [0.25, 0.3) is 0 Å². The molecule has 0 fully saturated rings. The van der Waals surface area contributed by atoms with E-state index >= 15 is 0 Å². The number of hydrogen-bond acceptors (Lipinski definition) is 1. The smallest absolute Gasteiger partial charge is 0.0291 e. The van der Waals surface area contributed by atoms with Crippen LogP contribution in [0, 0.1) is 5.92 Å². The molecule has 1 aromatic rings. The fourth-order valence-electron chi connectivity index (χ4n) is 2.38. The van der Waals surface area contributed by atoms with E-state index in [0.717, 1.165) is 12.5 Å². The lowest BCUT2D eigenvalue weighted by Crippen LogP contribution is -2.19. The second-order valence-corrected chi connectivity index (χ2v) is 6.06. The molecular formula is C18H31N. The molecule has 19 heavy (non-hydrogen) atoms. The van der Waals surface area contributed by atoms with Crippen LogP contribution in [0.1, 0.15) is 70.5 Å². The number of unbranched alkanes of at least 4 members (excludes halogenated alkanes) is 1. The van der Waals surface area contributed by atoms with E-state index in [4.69, 9.17) is 0 Å². The third-order valence-corrected chi connectivity index (χ3v) is 3.68. The summed E-state index contributed by atoms with van der Waals surface area (Å²) in [5.74, 6) is 0.837. The number of benzene rings is 1. The van der Waals surface area contributed by atoms with Crippen LogP contribution in [0.2, 0.25) is 0 Å². The highest BCUT2D eigenvalue weighted by atomic mass is 14.9. The molecule has 0 aliphatic rings. The molecule has 1 rings (SSSR count). The van der Waals surface area contributed by atoms with Gasteiger partial charge in [-0.1, -0.05) is 64.3 Å². The summed E-state index contributed by atoms with van der Waals surface area (Å²) >= 11 is 0. The summed E-state index contributed by atoms with van der Waals surface area (Å²) in [4.78, 5) is 0. The molecule has 0 saturated carbocycles. The Hall–Kier alpha value is -0.820. The lowest BCUT2D eigenvalue weighted by atomic mass is 10.0. The second-order valence-electron chi connectivity index (χ2n) is 6.06. The van der Waals surface area contributed by atoms with Crippen LogP contribution in [0.4, 0.5) is 0 Å². The van der Waals surface area contributed by atoms with Gasteiger partial charge in [0.15, 0.2) is 0 Å². The molecule has 1 nitrogen and oxygen atoms in total. The van der Waals surface area contributed by atoms with Crippen LogP contribution in [0.25, 0.3) is 0 Å². The van der Waals surface area contributed by atoms with E-state index in [9.17, 15) is 0 Å². The van der Waals surface area contributed by atoms with Crippen LogP contribution < -0.4 is 5.32 Å². The number of nitrogens with one attached hydrogen (secondary N) is 1. The zero-order chi connectivity index (χ0) is 14.1. The van der Waals surface area contributed by atoms with Gasteiger partial charge >= 0.3 is 0 Å². The van der Waals surface area contributed by atoms with Crippen molar-refractivity contribution in [1.29, 1.82) is 0 Å². The Bertz CT molecular complexity index is 326. The maximum Gasteiger partial charge on any atom is 0.0291 e. The van der Waals surface area contributed by atoms with Crippen LogP contribution in [0.3, 0.4) is 0 Å². The van der Waals surface area contributed by atoms with Crippen molar-refractivity contribution >= 4 is 0 Å². The topological polar surface area (TPSA) is 12.0 Å². The molecule has 1 unspecified atom stereocenters. The van der Waals surface area contributed by atoms with E-state index in [1.165, 1.54) is 43.2 Å². The highest BCUT2D eigenvalue weighted by Crippen LogP contribution is 2.14. The number of rotatable bonds is 9. The van der Waals surface area contributed by atoms with E-state index in [0.29, 0.717) is 6.04 Å². The van der Waals surface area contributed by atoms with Gasteiger partial charge in [0.1, 0.15) is 0 Å². The van der Waals surface area contributed by atoms with Crippen molar-refractivity contribution in [2.75, 3.05) is 6.54 Å². The summed E-state index contributed by atoms with van der Waals surface area (Å²) < 4.78 is 0. The van der Waals surface area contributed by atoms with Gasteiger partial charge in [-0.05, 0) is 43.4 Å². The predicted molar refractivity (Wildman–Crippen MR) is 85.5 cm³/mol. The first kappa shape index (κ1) is 16.2. The largest absolute Gasteiger partial charge is 0.310 e. The zero-order valence-corrected chi connectivity index (χ0v) is 13.2. The minimum Gasteiger partial charge on any atom is -0.310 e.